The molecule has 0 radical (unpaired) electrons. The minimum atomic E-state index is -0.470. The van der Waals surface area contributed by atoms with Crippen molar-refractivity contribution in [1.29, 1.82) is 0 Å². The minimum Gasteiger partial charge on any atom is -0.360 e. The molecule has 0 bridgehead atoms. The van der Waals surface area contributed by atoms with Crippen LogP contribution >= 0.6 is 0 Å². The van der Waals surface area contributed by atoms with Crippen LogP contribution in [0.4, 0.5) is 5.82 Å². The number of carbonyl (C=O) groups excluding carboxylic acids is 1. The third-order valence-electron chi connectivity index (χ3n) is 2.08. The summed E-state index contributed by atoms with van der Waals surface area (Å²) in [5.74, 6) is 0.869. The van der Waals surface area contributed by atoms with E-state index in [2.05, 4.69) is 17.4 Å². The van der Waals surface area contributed by atoms with Crippen LogP contribution in [0.25, 0.3) is 0 Å². The van der Waals surface area contributed by atoms with Crippen LogP contribution in [0.2, 0.25) is 0 Å². The molecule has 1 aromatic heterocycles. The van der Waals surface area contributed by atoms with E-state index in [1.54, 1.807) is 13.0 Å². The molecule has 5 heteroatoms. The third kappa shape index (κ3) is 3.71. The Morgan fingerprint density at radius 1 is 1.73 bits per heavy atom. The summed E-state index contributed by atoms with van der Waals surface area (Å²) < 4.78 is 4.82. The SMILES string of the molecule is CCCC[C@H](N)C(=O)Nc1cc(C)on1. The van der Waals surface area contributed by atoms with Crippen LogP contribution in [-0.4, -0.2) is 17.1 Å². The number of nitrogens with two attached hydrogens (primary N) is 1. The molecule has 84 valence electrons. The Labute approximate surface area is 89.0 Å². The van der Waals surface area contributed by atoms with Gasteiger partial charge in [0.1, 0.15) is 5.76 Å². The van der Waals surface area contributed by atoms with Crippen molar-refractivity contribution in [3.63, 3.8) is 0 Å². The Bertz CT molecular complexity index is 322. The molecule has 0 aliphatic rings. The number of amides is 1. The second kappa shape index (κ2) is 5.50. The van der Waals surface area contributed by atoms with Gasteiger partial charge in [-0.2, -0.15) is 0 Å². The van der Waals surface area contributed by atoms with Gasteiger partial charge in [-0.25, -0.2) is 0 Å². The molecule has 0 spiro atoms. The predicted molar refractivity (Wildman–Crippen MR) is 57.4 cm³/mol. The quantitative estimate of drug-likeness (QED) is 0.772. The zero-order chi connectivity index (χ0) is 11.3. The molecule has 0 fully saturated rings. The summed E-state index contributed by atoms with van der Waals surface area (Å²) >= 11 is 0. The second-order valence-electron chi connectivity index (χ2n) is 3.56. The standard InChI is InChI=1S/C10H17N3O2/c1-3-4-5-8(11)10(14)12-9-6-7(2)15-13-9/h6,8H,3-5,11H2,1-2H3,(H,12,13,14)/t8-/m0/s1. The van der Waals surface area contributed by atoms with Crippen molar-refractivity contribution in [2.75, 3.05) is 5.32 Å². The van der Waals surface area contributed by atoms with E-state index in [4.69, 9.17) is 10.3 Å². The molecular formula is C10H17N3O2. The molecule has 1 amide bonds. The molecule has 1 rings (SSSR count). The van der Waals surface area contributed by atoms with Crippen molar-refractivity contribution in [1.82, 2.24) is 5.16 Å². The molecule has 0 aromatic carbocycles. The lowest BCUT2D eigenvalue weighted by atomic mass is 10.1. The summed E-state index contributed by atoms with van der Waals surface area (Å²) in [6.07, 6.45) is 2.68. The topological polar surface area (TPSA) is 81.2 Å². The number of hydrogen-bond donors (Lipinski definition) is 2. The molecule has 15 heavy (non-hydrogen) atoms. The largest absolute Gasteiger partial charge is 0.360 e. The summed E-state index contributed by atoms with van der Waals surface area (Å²) in [5, 5.41) is 6.26. The highest BCUT2D eigenvalue weighted by atomic mass is 16.5. The van der Waals surface area contributed by atoms with E-state index in [9.17, 15) is 4.79 Å². The van der Waals surface area contributed by atoms with Crippen LogP contribution in [0.1, 0.15) is 31.9 Å². The third-order valence-corrected chi connectivity index (χ3v) is 2.08. The first-order valence-corrected chi connectivity index (χ1v) is 5.13. The van der Waals surface area contributed by atoms with Crippen molar-refractivity contribution in [3.8, 4) is 0 Å². The van der Waals surface area contributed by atoms with Gasteiger partial charge >= 0.3 is 0 Å². The number of carbonyl (C=O) groups is 1. The molecule has 5 nitrogen and oxygen atoms in total. The lowest BCUT2D eigenvalue weighted by molar-refractivity contribution is -0.117. The van der Waals surface area contributed by atoms with E-state index in [1.807, 2.05) is 0 Å². The molecule has 0 unspecified atom stereocenters. The zero-order valence-electron chi connectivity index (χ0n) is 9.12. The maximum atomic E-state index is 11.5. The molecule has 1 aromatic rings. The van der Waals surface area contributed by atoms with Crippen LogP contribution in [-0.2, 0) is 4.79 Å². The highest BCUT2D eigenvalue weighted by Crippen LogP contribution is 2.08. The van der Waals surface area contributed by atoms with Crippen molar-refractivity contribution in [2.45, 2.75) is 39.2 Å². The van der Waals surface area contributed by atoms with Crippen LogP contribution in [0.15, 0.2) is 10.6 Å². The number of aryl methyl sites for hydroxylation is 1. The first-order valence-electron chi connectivity index (χ1n) is 5.13. The summed E-state index contributed by atoms with van der Waals surface area (Å²) in [4.78, 5) is 11.5. The number of nitrogens with zero attached hydrogens (tertiary/aromatic N) is 1. The van der Waals surface area contributed by atoms with E-state index >= 15 is 0 Å². The fourth-order valence-corrected chi connectivity index (χ4v) is 1.20. The number of rotatable bonds is 5. The van der Waals surface area contributed by atoms with E-state index in [0.29, 0.717) is 18.0 Å². The van der Waals surface area contributed by atoms with Crippen LogP contribution in [0.3, 0.4) is 0 Å². The van der Waals surface area contributed by atoms with Crippen molar-refractivity contribution in [3.05, 3.63) is 11.8 Å². The number of aromatic nitrogens is 1. The summed E-state index contributed by atoms with van der Waals surface area (Å²) in [7, 11) is 0. The van der Waals surface area contributed by atoms with Gasteiger partial charge in [0.25, 0.3) is 0 Å². The molecule has 1 atom stereocenters. The summed E-state index contributed by atoms with van der Waals surface area (Å²) in [6, 6.07) is 1.19. The minimum absolute atomic E-state index is 0.211. The molecule has 0 aliphatic carbocycles. The second-order valence-corrected chi connectivity index (χ2v) is 3.56. The van der Waals surface area contributed by atoms with Gasteiger partial charge in [-0.05, 0) is 13.3 Å². The molecular weight excluding hydrogens is 194 g/mol. The fourth-order valence-electron chi connectivity index (χ4n) is 1.20. The predicted octanol–water partition coefficient (Wildman–Crippen LogP) is 1.44. The Morgan fingerprint density at radius 2 is 2.47 bits per heavy atom. The van der Waals surface area contributed by atoms with Gasteiger partial charge in [-0.1, -0.05) is 24.9 Å². The number of nitrogens with one attached hydrogen (secondary N) is 1. The number of hydrogen-bond acceptors (Lipinski definition) is 4. The smallest absolute Gasteiger partial charge is 0.242 e. The molecule has 0 saturated carbocycles. The van der Waals surface area contributed by atoms with Gasteiger partial charge in [-0.3, -0.25) is 4.79 Å². The van der Waals surface area contributed by atoms with Crippen molar-refractivity contribution in [2.24, 2.45) is 5.73 Å². The van der Waals surface area contributed by atoms with Gasteiger partial charge in [0.05, 0.1) is 6.04 Å². The highest BCUT2D eigenvalue weighted by molar-refractivity contribution is 5.93. The maximum absolute atomic E-state index is 11.5. The van der Waals surface area contributed by atoms with Crippen LogP contribution in [0.5, 0.6) is 0 Å². The van der Waals surface area contributed by atoms with E-state index < -0.39 is 6.04 Å². The van der Waals surface area contributed by atoms with Gasteiger partial charge < -0.3 is 15.6 Å². The lowest BCUT2D eigenvalue weighted by Crippen LogP contribution is -2.35. The van der Waals surface area contributed by atoms with Gasteiger partial charge in [0.2, 0.25) is 5.91 Å². The Balaban J connectivity index is 2.41. The molecule has 3 N–H and O–H groups in total. The Kier molecular flexibility index (Phi) is 4.30. The van der Waals surface area contributed by atoms with Gasteiger partial charge in [-0.15, -0.1) is 0 Å². The summed E-state index contributed by atoms with van der Waals surface area (Å²) in [5.41, 5.74) is 5.69. The number of anilines is 1. The normalized spacial score (nSPS) is 12.5. The van der Waals surface area contributed by atoms with E-state index in [-0.39, 0.29) is 5.91 Å². The first-order chi connectivity index (χ1) is 7.13. The summed E-state index contributed by atoms with van der Waals surface area (Å²) in [6.45, 7) is 3.82. The van der Waals surface area contributed by atoms with Crippen molar-refractivity contribution >= 4 is 11.7 Å². The van der Waals surface area contributed by atoms with E-state index in [0.717, 1.165) is 12.8 Å². The van der Waals surface area contributed by atoms with Crippen LogP contribution in [0, 0.1) is 6.92 Å². The Hall–Kier alpha value is -1.36. The Morgan fingerprint density at radius 3 is 3.00 bits per heavy atom. The lowest BCUT2D eigenvalue weighted by Gasteiger charge is -2.09. The zero-order valence-corrected chi connectivity index (χ0v) is 9.12. The average molecular weight is 211 g/mol. The fraction of sp³-hybridized carbons (Fsp3) is 0.600. The van der Waals surface area contributed by atoms with Gasteiger partial charge in [0.15, 0.2) is 5.82 Å². The maximum Gasteiger partial charge on any atom is 0.242 e. The molecule has 0 saturated heterocycles. The monoisotopic (exact) mass is 211 g/mol. The van der Waals surface area contributed by atoms with Crippen molar-refractivity contribution < 1.29 is 9.32 Å². The number of unbranched alkanes of at least 4 members (excludes halogenated alkanes) is 1. The van der Waals surface area contributed by atoms with Crippen LogP contribution < -0.4 is 11.1 Å². The highest BCUT2D eigenvalue weighted by Gasteiger charge is 2.14. The van der Waals surface area contributed by atoms with E-state index in [1.165, 1.54) is 0 Å². The molecule has 1 heterocycles. The van der Waals surface area contributed by atoms with Gasteiger partial charge in [0, 0.05) is 6.07 Å². The first kappa shape index (κ1) is 11.7. The average Bonchev–Trinajstić information content (AvgIpc) is 2.60. The molecule has 0 aliphatic heterocycles.